The minimum atomic E-state index is -3.00. The number of fused-ring (bicyclic) bond motifs is 1. The maximum atomic E-state index is 12.8. The van der Waals surface area contributed by atoms with E-state index in [9.17, 15) is 18.0 Å². The molecule has 0 bridgehead atoms. The Bertz CT molecular complexity index is 1270. The lowest BCUT2D eigenvalue weighted by molar-refractivity contribution is -0.00600. The zero-order valence-corrected chi connectivity index (χ0v) is 17.7. The van der Waals surface area contributed by atoms with Gasteiger partial charge in [0.05, 0.1) is 28.7 Å². The number of amides is 1. The second-order valence-electron chi connectivity index (χ2n) is 7.47. The molecule has 0 aliphatic heterocycles. The summed E-state index contributed by atoms with van der Waals surface area (Å²) in [5, 5.41) is 7.60. The van der Waals surface area contributed by atoms with Gasteiger partial charge in [-0.2, -0.15) is 10.1 Å². The fourth-order valence-corrected chi connectivity index (χ4v) is 2.99. The van der Waals surface area contributed by atoms with Gasteiger partial charge >= 0.3 is 6.01 Å². The van der Waals surface area contributed by atoms with E-state index < -0.39 is 19.2 Å². The normalized spacial score (nSPS) is 12.5. The van der Waals surface area contributed by atoms with Gasteiger partial charge < -0.3 is 15.0 Å². The molecule has 1 unspecified atom stereocenters. The Morgan fingerprint density at radius 2 is 2.06 bits per heavy atom. The number of carbonyl (C=O) groups excluding carboxylic acids is 1. The van der Waals surface area contributed by atoms with Crippen molar-refractivity contribution in [2.24, 2.45) is 0 Å². The van der Waals surface area contributed by atoms with E-state index in [1.165, 1.54) is 12.4 Å². The van der Waals surface area contributed by atoms with Crippen molar-refractivity contribution in [3.63, 3.8) is 0 Å². The summed E-state index contributed by atoms with van der Waals surface area (Å²) in [6.45, 7) is 2.55. The van der Waals surface area contributed by atoms with E-state index in [-0.39, 0.29) is 18.0 Å². The Hall–Kier alpha value is -3.96. The highest BCUT2D eigenvalue weighted by Crippen LogP contribution is 2.25. The van der Waals surface area contributed by atoms with Crippen LogP contribution in [0, 0.1) is 0 Å². The lowest BCUT2D eigenvalue weighted by Crippen LogP contribution is -2.28. The largest absolute Gasteiger partial charge is 0.451 e. The minimum Gasteiger partial charge on any atom is -0.451 e. The summed E-state index contributed by atoms with van der Waals surface area (Å²) in [7, 11) is 0. The molecule has 0 aliphatic carbocycles. The number of halogens is 3. The van der Waals surface area contributed by atoms with Crippen molar-refractivity contribution >= 4 is 22.6 Å². The van der Waals surface area contributed by atoms with Crippen LogP contribution in [0.1, 0.15) is 30.2 Å². The van der Waals surface area contributed by atoms with Gasteiger partial charge in [-0.05, 0) is 26.0 Å². The van der Waals surface area contributed by atoms with Crippen molar-refractivity contribution in [1.29, 1.82) is 0 Å². The number of pyridine rings is 1. The van der Waals surface area contributed by atoms with Gasteiger partial charge in [-0.3, -0.25) is 9.48 Å². The number of aromatic amines is 1. The van der Waals surface area contributed by atoms with Crippen LogP contribution < -0.4 is 10.1 Å². The fourth-order valence-electron chi connectivity index (χ4n) is 2.99. The van der Waals surface area contributed by atoms with Crippen molar-refractivity contribution in [1.82, 2.24) is 29.7 Å². The Morgan fingerprint density at radius 3 is 2.76 bits per heavy atom. The van der Waals surface area contributed by atoms with E-state index in [1.807, 2.05) is 13.8 Å². The van der Waals surface area contributed by atoms with Crippen LogP contribution in [0.25, 0.3) is 22.3 Å². The Kier molecular flexibility index (Phi) is 6.24. The molecule has 9 nitrogen and oxygen atoms in total. The van der Waals surface area contributed by atoms with Crippen LogP contribution in [0.2, 0.25) is 0 Å². The number of nitrogens with zero attached hydrogens (tertiary/aromatic N) is 5. The molecule has 0 saturated carbocycles. The van der Waals surface area contributed by atoms with Crippen LogP contribution >= 0.6 is 0 Å². The highest BCUT2D eigenvalue weighted by molar-refractivity contribution is 6.04. The molecule has 4 rings (SSSR count). The molecule has 172 valence electrons. The number of hydrogen-bond donors (Lipinski definition) is 2. The molecule has 0 aromatic carbocycles. The van der Waals surface area contributed by atoms with Crippen LogP contribution in [-0.4, -0.2) is 54.8 Å². The second kappa shape index (κ2) is 9.27. The van der Waals surface area contributed by atoms with Gasteiger partial charge in [0.1, 0.15) is 12.5 Å². The van der Waals surface area contributed by atoms with Crippen molar-refractivity contribution in [3.05, 3.63) is 48.5 Å². The van der Waals surface area contributed by atoms with E-state index in [0.29, 0.717) is 28.3 Å². The maximum Gasteiger partial charge on any atom is 0.317 e. The summed E-state index contributed by atoms with van der Waals surface area (Å²) in [5.41, 5.74) is 1.95. The van der Waals surface area contributed by atoms with Crippen molar-refractivity contribution in [3.8, 4) is 17.4 Å². The SMILES string of the molecule is CC(C)n1cc(C(=O)Nc2cc3[nH]c(-c4ccnc(OC(CF)C(F)F)n4)cc3cn2)cn1. The molecule has 1 amide bonds. The number of aromatic nitrogens is 6. The van der Waals surface area contributed by atoms with Crippen LogP contribution in [-0.2, 0) is 0 Å². The van der Waals surface area contributed by atoms with Gasteiger partial charge in [-0.25, -0.2) is 23.1 Å². The van der Waals surface area contributed by atoms with E-state index in [1.54, 1.807) is 35.3 Å². The first-order valence-electron chi connectivity index (χ1n) is 10.0. The van der Waals surface area contributed by atoms with Gasteiger partial charge in [-0.1, -0.05) is 0 Å². The first kappa shape index (κ1) is 22.2. The van der Waals surface area contributed by atoms with E-state index in [0.717, 1.165) is 5.39 Å². The number of anilines is 1. The summed E-state index contributed by atoms with van der Waals surface area (Å²) >= 11 is 0. The van der Waals surface area contributed by atoms with E-state index in [2.05, 4.69) is 30.4 Å². The van der Waals surface area contributed by atoms with Crippen molar-refractivity contribution < 1.29 is 22.7 Å². The zero-order valence-electron chi connectivity index (χ0n) is 17.7. The number of nitrogens with one attached hydrogen (secondary N) is 2. The Labute approximate surface area is 186 Å². The number of alkyl halides is 3. The number of ether oxygens (including phenoxy) is 1. The van der Waals surface area contributed by atoms with Gasteiger partial charge in [0, 0.05) is 36.1 Å². The predicted octanol–water partition coefficient (Wildman–Crippen LogP) is 4.03. The quantitative estimate of drug-likeness (QED) is 0.412. The number of carbonyl (C=O) groups is 1. The van der Waals surface area contributed by atoms with Crippen LogP contribution in [0.4, 0.5) is 19.0 Å². The molecular weight excluding hydrogens is 439 g/mol. The summed E-state index contributed by atoms with van der Waals surface area (Å²) in [5.74, 6) is -0.0211. The molecule has 12 heteroatoms. The summed E-state index contributed by atoms with van der Waals surface area (Å²) in [6, 6.07) is 4.71. The van der Waals surface area contributed by atoms with Crippen molar-refractivity contribution in [2.45, 2.75) is 32.4 Å². The van der Waals surface area contributed by atoms with Crippen LogP contribution in [0.3, 0.4) is 0 Å². The molecule has 2 N–H and O–H groups in total. The van der Waals surface area contributed by atoms with Gasteiger partial charge in [0.25, 0.3) is 12.3 Å². The lowest BCUT2D eigenvalue weighted by atomic mass is 10.2. The van der Waals surface area contributed by atoms with E-state index >= 15 is 0 Å². The van der Waals surface area contributed by atoms with Gasteiger partial charge in [0.15, 0.2) is 6.10 Å². The molecule has 0 radical (unpaired) electrons. The van der Waals surface area contributed by atoms with Crippen molar-refractivity contribution in [2.75, 3.05) is 12.0 Å². The summed E-state index contributed by atoms with van der Waals surface area (Å²) < 4.78 is 44.8. The molecule has 33 heavy (non-hydrogen) atoms. The first-order chi connectivity index (χ1) is 15.8. The van der Waals surface area contributed by atoms with Gasteiger partial charge in [-0.15, -0.1) is 0 Å². The fraction of sp³-hybridized carbons (Fsp3) is 0.286. The molecule has 1 atom stereocenters. The first-order valence-corrected chi connectivity index (χ1v) is 10.0. The minimum absolute atomic E-state index is 0.129. The molecule has 4 aromatic rings. The summed E-state index contributed by atoms with van der Waals surface area (Å²) in [4.78, 5) is 27.7. The smallest absolute Gasteiger partial charge is 0.317 e. The Balaban J connectivity index is 1.53. The molecule has 0 saturated heterocycles. The number of H-pyrrole nitrogens is 1. The Morgan fingerprint density at radius 1 is 1.24 bits per heavy atom. The lowest BCUT2D eigenvalue weighted by Gasteiger charge is -2.13. The molecular formula is C21H20F3N7O2. The third-order valence-corrected chi connectivity index (χ3v) is 4.74. The predicted molar refractivity (Wildman–Crippen MR) is 114 cm³/mol. The molecule has 4 aromatic heterocycles. The molecule has 4 heterocycles. The molecule has 0 fully saturated rings. The third-order valence-electron chi connectivity index (χ3n) is 4.74. The standard InChI is InChI=1S/C21H20F3N7O2/c1-11(2)31-10-13(9-27-31)20(32)30-18-6-15-12(8-26-18)5-16(28-15)14-3-4-25-21(29-14)33-17(7-22)19(23)24/h3-6,8-11,17,19,28H,7H2,1-2H3,(H,26,30,32). The molecule has 0 aliphatic rings. The third kappa shape index (κ3) is 4.94. The average Bonchev–Trinajstić information content (AvgIpc) is 3.45. The van der Waals surface area contributed by atoms with Crippen LogP contribution in [0.15, 0.2) is 43.0 Å². The van der Waals surface area contributed by atoms with E-state index in [4.69, 9.17) is 4.74 Å². The van der Waals surface area contributed by atoms with Crippen LogP contribution in [0.5, 0.6) is 6.01 Å². The molecule has 0 spiro atoms. The average molecular weight is 459 g/mol. The number of hydrogen-bond acceptors (Lipinski definition) is 6. The maximum absolute atomic E-state index is 12.8. The highest BCUT2D eigenvalue weighted by Gasteiger charge is 2.23. The topological polar surface area (TPSA) is 111 Å². The highest BCUT2D eigenvalue weighted by atomic mass is 19.3. The second-order valence-corrected chi connectivity index (χ2v) is 7.47. The van der Waals surface area contributed by atoms with Gasteiger partial charge in [0.2, 0.25) is 0 Å². The summed E-state index contributed by atoms with van der Waals surface area (Å²) in [6.07, 6.45) is 1.08. The monoisotopic (exact) mass is 459 g/mol. The zero-order chi connectivity index (χ0) is 23.5. The number of rotatable bonds is 8.